The van der Waals surface area contributed by atoms with Crippen LogP contribution in [0, 0.1) is 12.8 Å². The first-order valence-corrected chi connectivity index (χ1v) is 13.2. The third-order valence-electron chi connectivity index (χ3n) is 5.61. The minimum Gasteiger partial charge on any atom is -0.325 e. The molecular weight excluding hydrogens is 444 g/mol. The molecule has 7 nitrogen and oxygen atoms in total. The second-order valence-corrected chi connectivity index (χ2v) is 11.5. The fourth-order valence-electron chi connectivity index (χ4n) is 3.77. The van der Waals surface area contributed by atoms with E-state index < -0.39 is 15.1 Å². The molecule has 1 N–H and O–H groups in total. The van der Waals surface area contributed by atoms with Crippen molar-refractivity contribution in [2.24, 2.45) is 13.0 Å². The van der Waals surface area contributed by atoms with Gasteiger partial charge in [-0.25, -0.2) is 8.42 Å². The van der Waals surface area contributed by atoms with E-state index in [0.717, 1.165) is 22.6 Å². The Labute approximate surface area is 192 Å². The molecule has 2 atom stereocenters. The van der Waals surface area contributed by atoms with Gasteiger partial charge in [0.15, 0.2) is 15.0 Å². The van der Waals surface area contributed by atoms with Gasteiger partial charge in [-0.05, 0) is 37.0 Å². The van der Waals surface area contributed by atoms with Gasteiger partial charge in [-0.1, -0.05) is 59.8 Å². The molecule has 2 heterocycles. The molecule has 168 valence electrons. The van der Waals surface area contributed by atoms with Crippen LogP contribution in [0.4, 0.5) is 5.69 Å². The lowest BCUT2D eigenvalue weighted by atomic mass is 10.1. The Bertz CT molecular complexity index is 1190. The summed E-state index contributed by atoms with van der Waals surface area (Å²) in [7, 11) is -1.07. The number of rotatable bonds is 7. The molecule has 4 rings (SSSR count). The molecular formula is C23H26N4O3S2. The van der Waals surface area contributed by atoms with E-state index in [1.807, 2.05) is 73.1 Å². The van der Waals surface area contributed by atoms with E-state index in [0.29, 0.717) is 18.0 Å². The number of sulfone groups is 1. The van der Waals surface area contributed by atoms with Gasteiger partial charge in [0, 0.05) is 19.2 Å². The van der Waals surface area contributed by atoms with Crippen LogP contribution in [-0.2, 0) is 28.1 Å². The van der Waals surface area contributed by atoms with Crippen molar-refractivity contribution >= 4 is 33.2 Å². The maximum absolute atomic E-state index is 13.2. The lowest BCUT2D eigenvalue weighted by Gasteiger charge is -2.17. The van der Waals surface area contributed by atoms with Crippen LogP contribution < -0.4 is 5.32 Å². The Kier molecular flexibility index (Phi) is 6.66. The second-order valence-electron chi connectivity index (χ2n) is 8.19. The number of hydrogen-bond donors (Lipinski definition) is 1. The quantitative estimate of drug-likeness (QED) is 0.531. The van der Waals surface area contributed by atoms with Crippen molar-refractivity contribution in [1.29, 1.82) is 0 Å². The van der Waals surface area contributed by atoms with Crippen molar-refractivity contribution in [3.05, 3.63) is 71.5 Å². The Morgan fingerprint density at radius 3 is 2.53 bits per heavy atom. The molecule has 32 heavy (non-hydrogen) atoms. The van der Waals surface area contributed by atoms with E-state index in [-0.39, 0.29) is 23.3 Å². The molecule has 0 radical (unpaired) electrons. The SMILES string of the molecule is Cc1ccc(NC(=O)C(Sc2nnc(CC3CCS(=O)(=O)C3)n2C)c2ccccc2)cc1. The van der Waals surface area contributed by atoms with E-state index in [1.54, 1.807) is 0 Å². The Morgan fingerprint density at radius 1 is 1.16 bits per heavy atom. The summed E-state index contributed by atoms with van der Waals surface area (Å²) in [5.74, 6) is 1.10. The molecule has 2 unspecified atom stereocenters. The summed E-state index contributed by atoms with van der Waals surface area (Å²) in [6, 6.07) is 17.3. The first kappa shape index (κ1) is 22.5. The average Bonchev–Trinajstić information content (AvgIpc) is 3.30. The van der Waals surface area contributed by atoms with Crippen LogP contribution in [-0.4, -0.2) is 40.6 Å². The summed E-state index contributed by atoms with van der Waals surface area (Å²) in [4.78, 5) is 13.2. The molecule has 0 spiro atoms. The van der Waals surface area contributed by atoms with Gasteiger partial charge < -0.3 is 9.88 Å². The van der Waals surface area contributed by atoms with Crippen LogP contribution in [0.25, 0.3) is 0 Å². The highest BCUT2D eigenvalue weighted by molar-refractivity contribution is 8.00. The molecule has 1 aliphatic heterocycles. The molecule has 1 aromatic heterocycles. The van der Waals surface area contributed by atoms with Crippen molar-refractivity contribution in [2.75, 3.05) is 16.8 Å². The van der Waals surface area contributed by atoms with Crippen LogP contribution in [0.3, 0.4) is 0 Å². The van der Waals surface area contributed by atoms with E-state index in [1.165, 1.54) is 11.8 Å². The predicted molar refractivity (Wildman–Crippen MR) is 126 cm³/mol. The summed E-state index contributed by atoms with van der Waals surface area (Å²) >= 11 is 1.34. The average molecular weight is 471 g/mol. The first-order valence-electron chi connectivity index (χ1n) is 10.5. The fourth-order valence-corrected chi connectivity index (χ4v) is 6.65. The van der Waals surface area contributed by atoms with Gasteiger partial charge >= 0.3 is 0 Å². The highest BCUT2D eigenvalue weighted by Gasteiger charge is 2.30. The Morgan fingerprint density at radius 2 is 1.88 bits per heavy atom. The molecule has 1 aliphatic rings. The lowest BCUT2D eigenvalue weighted by Crippen LogP contribution is -2.19. The van der Waals surface area contributed by atoms with Crippen molar-refractivity contribution in [2.45, 2.75) is 30.2 Å². The van der Waals surface area contributed by atoms with E-state index in [4.69, 9.17) is 0 Å². The maximum atomic E-state index is 13.2. The van der Waals surface area contributed by atoms with Gasteiger partial charge in [0.05, 0.1) is 11.5 Å². The van der Waals surface area contributed by atoms with E-state index >= 15 is 0 Å². The third kappa shape index (κ3) is 5.39. The Hall–Kier alpha value is -2.65. The van der Waals surface area contributed by atoms with E-state index in [2.05, 4.69) is 15.5 Å². The zero-order valence-corrected chi connectivity index (χ0v) is 19.7. The van der Waals surface area contributed by atoms with Crippen LogP contribution in [0.15, 0.2) is 59.8 Å². The molecule has 2 aromatic carbocycles. The zero-order valence-electron chi connectivity index (χ0n) is 18.1. The summed E-state index contributed by atoms with van der Waals surface area (Å²) in [5.41, 5.74) is 2.73. The van der Waals surface area contributed by atoms with Crippen LogP contribution in [0.1, 0.15) is 28.6 Å². The molecule has 1 amide bonds. The molecule has 3 aromatic rings. The summed E-state index contributed by atoms with van der Waals surface area (Å²) < 4.78 is 25.4. The number of hydrogen-bond acceptors (Lipinski definition) is 6. The van der Waals surface area contributed by atoms with Gasteiger partial charge in [0.25, 0.3) is 0 Å². The largest absolute Gasteiger partial charge is 0.325 e. The number of aromatic nitrogens is 3. The number of thioether (sulfide) groups is 1. The number of nitrogens with one attached hydrogen (secondary N) is 1. The van der Waals surface area contributed by atoms with Gasteiger partial charge in [-0.3, -0.25) is 4.79 Å². The monoisotopic (exact) mass is 470 g/mol. The lowest BCUT2D eigenvalue weighted by molar-refractivity contribution is -0.115. The minimum atomic E-state index is -2.94. The van der Waals surface area contributed by atoms with Crippen LogP contribution in [0.5, 0.6) is 0 Å². The summed E-state index contributed by atoms with van der Waals surface area (Å²) in [6.45, 7) is 2.00. The summed E-state index contributed by atoms with van der Waals surface area (Å²) in [5, 5.41) is 11.7. The number of amides is 1. The molecule has 1 saturated heterocycles. The number of anilines is 1. The van der Waals surface area contributed by atoms with Gasteiger partial charge in [0.2, 0.25) is 5.91 Å². The third-order valence-corrected chi connectivity index (χ3v) is 8.73. The first-order chi connectivity index (χ1) is 15.3. The topological polar surface area (TPSA) is 94.0 Å². The normalized spacial score (nSPS) is 18.4. The molecule has 9 heteroatoms. The number of benzene rings is 2. The van der Waals surface area contributed by atoms with E-state index in [9.17, 15) is 13.2 Å². The van der Waals surface area contributed by atoms with Gasteiger partial charge in [-0.2, -0.15) is 0 Å². The van der Waals surface area contributed by atoms with Crippen LogP contribution >= 0.6 is 11.8 Å². The molecule has 0 saturated carbocycles. The number of carbonyl (C=O) groups excluding carboxylic acids is 1. The standard InChI is InChI=1S/C23H26N4O3S2/c1-16-8-10-19(11-9-16)24-22(28)21(18-6-4-3-5-7-18)31-23-26-25-20(27(23)2)14-17-12-13-32(29,30)15-17/h3-11,17,21H,12-15H2,1-2H3,(H,24,28). The highest BCUT2D eigenvalue weighted by Crippen LogP contribution is 2.36. The minimum absolute atomic E-state index is 0.0653. The van der Waals surface area contributed by atoms with Gasteiger partial charge in [-0.15, -0.1) is 10.2 Å². The smallest absolute Gasteiger partial charge is 0.242 e. The van der Waals surface area contributed by atoms with Crippen molar-refractivity contribution in [1.82, 2.24) is 14.8 Å². The Balaban J connectivity index is 1.53. The fraction of sp³-hybridized carbons (Fsp3) is 0.348. The summed E-state index contributed by atoms with van der Waals surface area (Å²) in [6.07, 6.45) is 1.22. The van der Waals surface area contributed by atoms with Crippen LogP contribution in [0.2, 0.25) is 0 Å². The molecule has 1 fully saturated rings. The molecule has 0 bridgehead atoms. The zero-order chi connectivity index (χ0) is 22.7. The van der Waals surface area contributed by atoms with Gasteiger partial charge in [0.1, 0.15) is 11.1 Å². The maximum Gasteiger partial charge on any atom is 0.242 e. The number of aryl methyl sites for hydroxylation is 1. The van der Waals surface area contributed by atoms with Crippen molar-refractivity contribution in [3.63, 3.8) is 0 Å². The van der Waals surface area contributed by atoms with Crippen molar-refractivity contribution in [3.8, 4) is 0 Å². The predicted octanol–water partition coefficient (Wildman–Crippen LogP) is 3.57. The highest BCUT2D eigenvalue weighted by atomic mass is 32.2. The van der Waals surface area contributed by atoms with Crippen molar-refractivity contribution < 1.29 is 13.2 Å². The second kappa shape index (κ2) is 9.46. The number of nitrogens with zero attached hydrogens (tertiary/aromatic N) is 3. The number of carbonyl (C=O) groups is 1. The molecule has 0 aliphatic carbocycles.